The lowest BCUT2D eigenvalue weighted by Crippen LogP contribution is -2.47. The molecule has 0 bridgehead atoms. The van der Waals surface area contributed by atoms with Crippen molar-refractivity contribution in [3.8, 4) is 0 Å². The Labute approximate surface area is 53.6 Å². The van der Waals surface area contributed by atoms with Gasteiger partial charge in [0.2, 0.25) is 0 Å². The average molecular weight is 130 g/mol. The Kier molecular flexibility index (Phi) is 1.06. The molecule has 9 heavy (non-hydrogen) atoms. The lowest BCUT2D eigenvalue weighted by Gasteiger charge is -2.39. The van der Waals surface area contributed by atoms with E-state index in [1.165, 1.54) is 0 Å². The zero-order valence-electron chi connectivity index (χ0n) is 5.17. The van der Waals surface area contributed by atoms with Crippen LogP contribution in [0.5, 0.6) is 0 Å². The Morgan fingerprint density at radius 2 is 1.78 bits per heavy atom. The molecule has 0 amide bonds. The first-order valence-electron chi connectivity index (χ1n) is 3.27. The van der Waals surface area contributed by atoms with E-state index in [1.54, 1.807) is 0 Å². The van der Waals surface area contributed by atoms with Gasteiger partial charge < -0.3 is 14.6 Å². The summed E-state index contributed by atoms with van der Waals surface area (Å²) >= 11 is 0. The Hall–Kier alpha value is -0.120. The third kappa shape index (κ3) is 0.764. The van der Waals surface area contributed by atoms with Crippen molar-refractivity contribution in [2.24, 2.45) is 0 Å². The van der Waals surface area contributed by atoms with Crippen LogP contribution in [0.3, 0.4) is 0 Å². The highest BCUT2D eigenvalue weighted by molar-refractivity contribution is 4.90. The molecule has 1 spiro atoms. The fraction of sp³-hybridized carbons (Fsp3) is 1.00. The molecule has 3 nitrogen and oxygen atoms in total. The molecule has 2 fully saturated rings. The zero-order chi connectivity index (χ0) is 6.32. The van der Waals surface area contributed by atoms with Gasteiger partial charge in [0.05, 0.1) is 19.3 Å². The summed E-state index contributed by atoms with van der Waals surface area (Å²) in [6.45, 7) is 1.37. The molecule has 0 aromatic heterocycles. The van der Waals surface area contributed by atoms with E-state index in [-0.39, 0.29) is 11.9 Å². The van der Waals surface area contributed by atoms with Crippen molar-refractivity contribution in [3.63, 3.8) is 0 Å². The summed E-state index contributed by atoms with van der Waals surface area (Å²) in [4.78, 5) is 0. The fourth-order valence-corrected chi connectivity index (χ4v) is 1.39. The number of ether oxygens (including phenoxy) is 2. The van der Waals surface area contributed by atoms with Crippen molar-refractivity contribution in [2.75, 3.05) is 13.2 Å². The number of aliphatic hydroxyl groups excluding tert-OH is 1. The van der Waals surface area contributed by atoms with Crippen molar-refractivity contribution in [2.45, 2.75) is 24.7 Å². The molecule has 0 aromatic rings. The fourth-order valence-electron chi connectivity index (χ4n) is 1.39. The SMILES string of the molecule is OC1CC2(C1)OCCO2. The second-order valence-electron chi connectivity index (χ2n) is 2.67. The minimum atomic E-state index is -0.362. The van der Waals surface area contributed by atoms with Crippen LogP contribution in [0.2, 0.25) is 0 Å². The van der Waals surface area contributed by atoms with Gasteiger partial charge in [-0.1, -0.05) is 0 Å². The summed E-state index contributed by atoms with van der Waals surface area (Å²) in [7, 11) is 0. The van der Waals surface area contributed by atoms with Gasteiger partial charge >= 0.3 is 0 Å². The molecule has 1 aliphatic carbocycles. The molecule has 0 atom stereocenters. The first-order chi connectivity index (χ1) is 4.31. The van der Waals surface area contributed by atoms with Crippen LogP contribution >= 0.6 is 0 Å². The largest absolute Gasteiger partial charge is 0.393 e. The first kappa shape index (κ1) is 5.65. The van der Waals surface area contributed by atoms with E-state index < -0.39 is 0 Å². The molecule has 1 saturated carbocycles. The van der Waals surface area contributed by atoms with Crippen LogP contribution in [0.4, 0.5) is 0 Å². The molecule has 1 N–H and O–H groups in total. The predicted molar refractivity (Wildman–Crippen MR) is 29.9 cm³/mol. The van der Waals surface area contributed by atoms with Gasteiger partial charge in [-0.15, -0.1) is 0 Å². The Morgan fingerprint density at radius 1 is 1.22 bits per heavy atom. The molecule has 1 aliphatic heterocycles. The molecule has 3 heteroatoms. The Bertz CT molecular complexity index is 109. The topological polar surface area (TPSA) is 38.7 Å². The van der Waals surface area contributed by atoms with Gasteiger partial charge in [0.1, 0.15) is 0 Å². The Balaban J connectivity index is 1.95. The van der Waals surface area contributed by atoms with Crippen molar-refractivity contribution < 1.29 is 14.6 Å². The van der Waals surface area contributed by atoms with Gasteiger partial charge in [-0.2, -0.15) is 0 Å². The summed E-state index contributed by atoms with van der Waals surface area (Å²) in [5, 5.41) is 8.91. The molecule has 1 saturated heterocycles. The molecule has 0 aromatic carbocycles. The smallest absolute Gasteiger partial charge is 0.173 e. The second-order valence-corrected chi connectivity index (χ2v) is 2.67. The number of hydrogen-bond acceptors (Lipinski definition) is 3. The predicted octanol–water partition coefficient (Wildman–Crippen LogP) is -0.116. The van der Waals surface area contributed by atoms with E-state index in [2.05, 4.69) is 0 Å². The van der Waals surface area contributed by atoms with Crippen molar-refractivity contribution in [1.29, 1.82) is 0 Å². The van der Waals surface area contributed by atoms with E-state index in [1.807, 2.05) is 0 Å². The van der Waals surface area contributed by atoms with Gasteiger partial charge in [-0.3, -0.25) is 0 Å². The molecule has 52 valence electrons. The third-order valence-corrected chi connectivity index (χ3v) is 1.91. The summed E-state index contributed by atoms with van der Waals surface area (Å²) in [6, 6.07) is 0. The summed E-state index contributed by atoms with van der Waals surface area (Å²) in [5.41, 5.74) is 0. The molecule has 2 aliphatic rings. The van der Waals surface area contributed by atoms with E-state index >= 15 is 0 Å². The van der Waals surface area contributed by atoms with E-state index in [0.717, 1.165) is 0 Å². The standard InChI is InChI=1S/C6H10O3/c7-5-3-6(4-5)8-1-2-9-6/h5,7H,1-4H2. The van der Waals surface area contributed by atoms with Crippen molar-refractivity contribution in [1.82, 2.24) is 0 Å². The summed E-state index contributed by atoms with van der Waals surface area (Å²) < 4.78 is 10.5. The average Bonchev–Trinajstić information content (AvgIpc) is 2.12. The third-order valence-electron chi connectivity index (χ3n) is 1.91. The van der Waals surface area contributed by atoms with Gasteiger partial charge in [0.15, 0.2) is 5.79 Å². The minimum Gasteiger partial charge on any atom is -0.393 e. The molecule has 0 radical (unpaired) electrons. The maximum Gasteiger partial charge on any atom is 0.173 e. The monoisotopic (exact) mass is 130 g/mol. The van der Waals surface area contributed by atoms with Crippen molar-refractivity contribution in [3.05, 3.63) is 0 Å². The van der Waals surface area contributed by atoms with Gasteiger partial charge in [0.25, 0.3) is 0 Å². The van der Waals surface area contributed by atoms with Crippen LogP contribution in [-0.4, -0.2) is 30.2 Å². The lowest BCUT2D eigenvalue weighted by molar-refractivity contribution is -0.245. The van der Waals surface area contributed by atoms with E-state index in [4.69, 9.17) is 14.6 Å². The quantitative estimate of drug-likeness (QED) is 0.497. The Morgan fingerprint density at radius 3 is 2.22 bits per heavy atom. The highest BCUT2D eigenvalue weighted by atomic mass is 16.7. The van der Waals surface area contributed by atoms with E-state index in [0.29, 0.717) is 26.1 Å². The molecular weight excluding hydrogens is 120 g/mol. The van der Waals surface area contributed by atoms with Crippen LogP contribution in [-0.2, 0) is 9.47 Å². The normalized spacial score (nSPS) is 33.0. The van der Waals surface area contributed by atoms with Crippen LogP contribution in [0.1, 0.15) is 12.8 Å². The molecule has 0 unspecified atom stereocenters. The van der Waals surface area contributed by atoms with Crippen LogP contribution in [0.15, 0.2) is 0 Å². The maximum absolute atomic E-state index is 8.91. The number of rotatable bonds is 0. The summed E-state index contributed by atoms with van der Waals surface area (Å²) in [6.07, 6.45) is 1.13. The zero-order valence-corrected chi connectivity index (χ0v) is 5.17. The highest BCUT2D eigenvalue weighted by Crippen LogP contribution is 2.39. The van der Waals surface area contributed by atoms with Crippen LogP contribution in [0.25, 0.3) is 0 Å². The van der Waals surface area contributed by atoms with Gasteiger partial charge in [-0.05, 0) is 0 Å². The van der Waals surface area contributed by atoms with Crippen LogP contribution < -0.4 is 0 Å². The van der Waals surface area contributed by atoms with Gasteiger partial charge in [-0.25, -0.2) is 0 Å². The first-order valence-corrected chi connectivity index (χ1v) is 3.27. The summed E-state index contributed by atoms with van der Waals surface area (Å²) in [5.74, 6) is -0.362. The van der Waals surface area contributed by atoms with Crippen LogP contribution in [0, 0.1) is 0 Å². The second kappa shape index (κ2) is 1.68. The van der Waals surface area contributed by atoms with Gasteiger partial charge in [0, 0.05) is 12.8 Å². The lowest BCUT2D eigenvalue weighted by atomic mass is 9.88. The van der Waals surface area contributed by atoms with E-state index in [9.17, 15) is 0 Å². The maximum atomic E-state index is 8.91. The number of aliphatic hydroxyl groups is 1. The number of hydrogen-bond donors (Lipinski definition) is 1. The van der Waals surface area contributed by atoms with Crippen molar-refractivity contribution >= 4 is 0 Å². The highest BCUT2D eigenvalue weighted by Gasteiger charge is 2.48. The molecule has 2 rings (SSSR count). The molecular formula is C6H10O3. The minimum absolute atomic E-state index is 0.192. The molecule has 1 heterocycles.